The standard InChI is InChI=1S/C13H12ClN3O3S/c14-13-7-12(2-1-10(13)8-15)21(19,20)17-5-3-11(4-6-17)16-9-18/h1-2,7,11H,3-6H2. The molecule has 1 fully saturated rings. The highest BCUT2D eigenvalue weighted by Gasteiger charge is 2.29. The van der Waals surface area contributed by atoms with Crippen molar-refractivity contribution in [1.29, 1.82) is 5.26 Å². The minimum Gasteiger partial charge on any atom is -0.211 e. The van der Waals surface area contributed by atoms with Crippen molar-refractivity contribution in [3.8, 4) is 6.07 Å². The molecule has 0 bridgehead atoms. The lowest BCUT2D eigenvalue weighted by atomic mass is 10.1. The lowest BCUT2D eigenvalue weighted by molar-refractivity contribution is 0.320. The lowest BCUT2D eigenvalue weighted by Crippen LogP contribution is -2.39. The summed E-state index contributed by atoms with van der Waals surface area (Å²) < 4.78 is 26.3. The topological polar surface area (TPSA) is 90.6 Å². The van der Waals surface area contributed by atoms with E-state index < -0.39 is 10.0 Å². The van der Waals surface area contributed by atoms with E-state index in [0.29, 0.717) is 12.8 Å². The molecule has 1 aliphatic heterocycles. The molecule has 0 atom stereocenters. The molecular formula is C13H12ClN3O3S. The molecule has 21 heavy (non-hydrogen) atoms. The van der Waals surface area contributed by atoms with Gasteiger partial charge in [-0.15, -0.1) is 0 Å². The van der Waals surface area contributed by atoms with Gasteiger partial charge in [0, 0.05) is 13.1 Å². The Morgan fingerprint density at radius 3 is 2.52 bits per heavy atom. The molecule has 0 radical (unpaired) electrons. The molecule has 0 spiro atoms. The molecule has 0 aliphatic carbocycles. The highest BCUT2D eigenvalue weighted by molar-refractivity contribution is 7.89. The van der Waals surface area contributed by atoms with Gasteiger partial charge in [0.15, 0.2) is 0 Å². The Bertz CT molecular complexity index is 728. The van der Waals surface area contributed by atoms with Gasteiger partial charge in [-0.25, -0.2) is 18.2 Å². The highest BCUT2D eigenvalue weighted by atomic mass is 35.5. The predicted molar refractivity (Wildman–Crippen MR) is 76.1 cm³/mol. The third kappa shape index (κ3) is 3.31. The van der Waals surface area contributed by atoms with Crippen molar-refractivity contribution in [2.24, 2.45) is 4.99 Å². The third-order valence-electron chi connectivity index (χ3n) is 3.36. The largest absolute Gasteiger partial charge is 0.243 e. The van der Waals surface area contributed by atoms with Crippen LogP contribution in [0.15, 0.2) is 28.1 Å². The molecule has 0 saturated carbocycles. The van der Waals surface area contributed by atoms with Crippen LogP contribution in [0.4, 0.5) is 0 Å². The van der Waals surface area contributed by atoms with Crippen molar-refractivity contribution >= 4 is 27.7 Å². The molecule has 2 rings (SSSR count). The number of nitriles is 1. The molecule has 8 heteroatoms. The molecule has 0 aromatic heterocycles. The lowest BCUT2D eigenvalue weighted by Gasteiger charge is -2.28. The second kappa shape index (κ2) is 6.37. The zero-order valence-corrected chi connectivity index (χ0v) is 12.6. The van der Waals surface area contributed by atoms with Gasteiger partial charge in [0.1, 0.15) is 6.07 Å². The number of piperidine rings is 1. The van der Waals surface area contributed by atoms with Crippen molar-refractivity contribution in [3.05, 3.63) is 28.8 Å². The molecule has 1 heterocycles. The second-order valence-electron chi connectivity index (χ2n) is 4.61. The van der Waals surface area contributed by atoms with Crippen LogP contribution in [0.3, 0.4) is 0 Å². The Morgan fingerprint density at radius 1 is 1.33 bits per heavy atom. The van der Waals surface area contributed by atoms with E-state index in [0.717, 1.165) is 0 Å². The Balaban J connectivity index is 2.22. The molecular weight excluding hydrogens is 314 g/mol. The zero-order valence-electron chi connectivity index (χ0n) is 11.0. The van der Waals surface area contributed by atoms with Crippen LogP contribution in [-0.2, 0) is 14.8 Å². The molecule has 0 amide bonds. The van der Waals surface area contributed by atoms with Crippen LogP contribution in [0.2, 0.25) is 5.02 Å². The number of benzene rings is 1. The summed E-state index contributed by atoms with van der Waals surface area (Å²) in [6.07, 6.45) is 2.47. The van der Waals surface area contributed by atoms with Gasteiger partial charge < -0.3 is 0 Å². The van der Waals surface area contributed by atoms with Crippen molar-refractivity contribution < 1.29 is 13.2 Å². The fourth-order valence-corrected chi connectivity index (χ4v) is 3.97. The van der Waals surface area contributed by atoms with Crippen LogP contribution < -0.4 is 0 Å². The summed E-state index contributed by atoms with van der Waals surface area (Å²) in [5, 5.41) is 8.91. The van der Waals surface area contributed by atoms with Gasteiger partial charge in [-0.2, -0.15) is 9.57 Å². The number of isocyanates is 1. The van der Waals surface area contributed by atoms with Gasteiger partial charge in [0.2, 0.25) is 16.1 Å². The van der Waals surface area contributed by atoms with Gasteiger partial charge in [0.05, 0.1) is 21.5 Å². The fourth-order valence-electron chi connectivity index (χ4n) is 2.18. The Morgan fingerprint density at radius 2 is 2.00 bits per heavy atom. The molecule has 110 valence electrons. The van der Waals surface area contributed by atoms with Crippen LogP contribution in [0.5, 0.6) is 0 Å². The van der Waals surface area contributed by atoms with Crippen LogP contribution in [0.1, 0.15) is 18.4 Å². The summed E-state index contributed by atoms with van der Waals surface area (Å²) in [7, 11) is -3.65. The second-order valence-corrected chi connectivity index (χ2v) is 6.95. The minimum atomic E-state index is -3.65. The first kappa shape index (κ1) is 15.7. The van der Waals surface area contributed by atoms with Gasteiger partial charge in [-0.05, 0) is 31.0 Å². The van der Waals surface area contributed by atoms with Crippen LogP contribution >= 0.6 is 11.6 Å². The summed E-state index contributed by atoms with van der Waals surface area (Å²) in [4.78, 5) is 13.9. The molecule has 1 saturated heterocycles. The minimum absolute atomic E-state index is 0.0591. The fraction of sp³-hybridized carbons (Fsp3) is 0.385. The summed E-state index contributed by atoms with van der Waals surface area (Å²) >= 11 is 5.88. The maximum atomic E-state index is 12.5. The van der Waals surface area contributed by atoms with Gasteiger partial charge in [-0.3, -0.25) is 0 Å². The van der Waals surface area contributed by atoms with Crippen molar-refractivity contribution in [3.63, 3.8) is 0 Å². The van der Waals surface area contributed by atoms with Crippen LogP contribution in [-0.4, -0.2) is 37.9 Å². The van der Waals surface area contributed by atoms with E-state index in [2.05, 4.69) is 4.99 Å². The van der Waals surface area contributed by atoms with Gasteiger partial charge in [-0.1, -0.05) is 11.6 Å². The average Bonchev–Trinajstić information content (AvgIpc) is 2.48. The average molecular weight is 326 g/mol. The van der Waals surface area contributed by atoms with E-state index in [1.807, 2.05) is 6.07 Å². The first-order chi connectivity index (χ1) is 9.98. The zero-order chi connectivity index (χ0) is 15.5. The third-order valence-corrected chi connectivity index (χ3v) is 5.56. The quantitative estimate of drug-likeness (QED) is 0.624. The number of carbonyl (C=O) groups excluding carboxylic acids is 1. The Kier molecular flexibility index (Phi) is 4.76. The first-order valence-electron chi connectivity index (χ1n) is 6.26. The number of hydrogen-bond donors (Lipinski definition) is 0. The van der Waals surface area contributed by atoms with E-state index >= 15 is 0 Å². The van der Waals surface area contributed by atoms with Crippen LogP contribution in [0, 0.1) is 11.3 Å². The first-order valence-corrected chi connectivity index (χ1v) is 8.07. The summed E-state index contributed by atoms with van der Waals surface area (Å²) in [5.41, 5.74) is 0.231. The number of nitrogens with zero attached hydrogens (tertiary/aromatic N) is 3. The Hall–Kier alpha value is -1.71. The predicted octanol–water partition coefficient (Wildman–Crippen LogP) is 1.70. The maximum absolute atomic E-state index is 12.5. The van der Waals surface area contributed by atoms with E-state index in [-0.39, 0.29) is 34.6 Å². The van der Waals surface area contributed by atoms with E-state index in [9.17, 15) is 13.2 Å². The molecule has 0 N–H and O–H groups in total. The van der Waals surface area contributed by atoms with Gasteiger partial charge >= 0.3 is 0 Å². The number of rotatable bonds is 3. The molecule has 6 nitrogen and oxygen atoms in total. The number of hydrogen-bond acceptors (Lipinski definition) is 5. The maximum Gasteiger partial charge on any atom is 0.243 e. The smallest absolute Gasteiger partial charge is 0.211 e. The number of sulfonamides is 1. The van der Waals surface area contributed by atoms with Crippen molar-refractivity contribution in [2.75, 3.05) is 13.1 Å². The molecule has 1 aromatic carbocycles. The van der Waals surface area contributed by atoms with Crippen molar-refractivity contribution in [1.82, 2.24) is 4.31 Å². The van der Waals surface area contributed by atoms with Crippen LogP contribution in [0.25, 0.3) is 0 Å². The van der Waals surface area contributed by atoms with Crippen molar-refractivity contribution in [2.45, 2.75) is 23.8 Å². The summed E-state index contributed by atoms with van der Waals surface area (Å²) in [6.45, 7) is 0.575. The number of aliphatic imine (C=N–C) groups is 1. The highest BCUT2D eigenvalue weighted by Crippen LogP contribution is 2.25. The van der Waals surface area contributed by atoms with E-state index in [1.165, 1.54) is 28.6 Å². The normalized spacial score (nSPS) is 17.0. The van der Waals surface area contributed by atoms with Gasteiger partial charge in [0.25, 0.3) is 0 Å². The molecule has 1 aliphatic rings. The van der Waals surface area contributed by atoms with E-state index in [1.54, 1.807) is 0 Å². The molecule has 0 unspecified atom stereocenters. The molecule has 1 aromatic rings. The summed E-state index contributed by atoms with van der Waals surface area (Å²) in [6, 6.07) is 5.76. The monoisotopic (exact) mass is 325 g/mol. The number of halogens is 1. The Labute approximate surface area is 127 Å². The summed E-state index contributed by atoms with van der Waals surface area (Å²) in [5.74, 6) is 0. The SMILES string of the molecule is N#Cc1ccc(S(=O)(=O)N2CCC(N=C=O)CC2)cc1Cl. The van der Waals surface area contributed by atoms with E-state index in [4.69, 9.17) is 16.9 Å².